The van der Waals surface area contributed by atoms with Crippen LogP contribution in [-0.2, 0) is 6.54 Å². The summed E-state index contributed by atoms with van der Waals surface area (Å²) < 4.78 is 2.85. The molecule has 0 amide bonds. The first kappa shape index (κ1) is 14.9. The molecule has 1 aliphatic heterocycles. The lowest BCUT2D eigenvalue weighted by molar-refractivity contribution is 0.0689. The van der Waals surface area contributed by atoms with Crippen LogP contribution in [0.4, 0.5) is 5.13 Å². The normalized spacial score (nSPS) is 14.0. The maximum absolute atomic E-state index is 11.1. The number of carboxylic acid groups (broad SMARTS) is 1. The molecule has 4 rings (SSSR count). The Balaban J connectivity index is 1.70. The van der Waals surface area contributed by atoms with E-state index in [1.54, 1.807) is 22.1 Å². The van der Waals surface area contributed by atoms with E-state index in [0.717, 1.165) is 39.7 Å². The summed E-state index contributed by atoms with van der Waals surface area (Å²) in [5, 5.41) is 14.3. The maximum atomic E-state index is 11.1. The van der Waals surface area contributed by atoms with Crippen LogP contribution in [0.3, 0.4) is 0 Å². The molecule has 0 spiro atoms. The zero-order valence-electron chi connectivity index (χ0n) is 13.1. The number of hydrogen-bond acceptors (Lipinski definition) is 5. The second kappa shape index (κ2) is 5.76. The van der Waals surface area contributed by atoms with Gasteiger partial charge in [0.15, 0.2) is 10.8 Å². The highest BCUT2D eigenvalue weighted by atomic mass is 32.1. The van der Waals surface area contributed by atoms with Crippen molar-refractivity contribution >= 4 is 32.7 Å². The van der Waals surface area contributed by atoms with Crippen molar-refractivity contribution < 1.29 is 9.90 Å². The molecule has 0 saturated heterocycles. The number of fused-ring (bicyclic) bond motifs is 1. The van der Waals surface area contributed by atoms with Crippen LogP contribution < -0.4 is 4.90 Å². The Morgan fingerprint density at radius 2 is 2.12 bits per heavy atom. The van der Waals surface area contributed by atoms with E-state index in [2.05, 4.69) is 28.2 Å². The van der Waals surface area contributed by atoms with Crippen molar-refractivity contribution in [2.45, 2.75) is 13.5 Å². The fourth-order valence-corrected chi connectivity index (χ4v) is 3.86. The van der Waals surface area contributed by atoms with E-state index in [4.69, 9.17) is 10.1 Å². The van der Waals surface area contributed by atoms with E-state index in [1.807, 2.05) is 19.1 Å². The monoisotopic (exact) mass is 340 g/mol. The van der Waals surface area contributed by atoms with Crippen LogP contribution >= 0.6 is 11.3 Å². The molecule has 0 unspecified atom stereocenters. The van der Waals surface area contributed by atoms with Gasteiger partial charge in [-0.2, -0.15) is 5.10 Å². The highest BCUT2D eigenvalue weighted by molar-refractivity contribution is 7.22. The summed E-state index contributed by atoms with van der Waals surface area (Å²) in [6.45, 7) is 4.17. The molecule has 7 heteroatoms. The quantitative estimate of drug-likeness (QED) is 0.740. The standard InChI is InChI=1S/C17H16N4O2S/c1-11-9-13(16(22)23)19-21(11)10-12-5-4-6-14-15(12)18-17(24-14)20-7-2-3-8-20/h2-6,9H,7-8,10H2,1H3,(H,22,23). The van der Waals surface area contributed by atoms with E-state index >= 15 is 0 Å². The summed E-state index contributed by atoms with van der Waals surface area (Å²) in [6.07, 6.45) is 4.29. The third kappa shape index (κ3) is 2.56. The zero-order valence-corrected chi connectivity index (χ0v) is 14.0. The van der Waals surface area contributed by atoms with Crippen LogP contribution in [0.5, 0.6) is 0 Å². The molecule has 0 aliphatic carbocycles. The number of aromatic carboxylic acids is 1. The Hall–Kier alpha value is -2.67. The first-order valence-electron chi connectivity index (χ1n) is 7.68. The van der Waals surface area contributed by atoms with E-state index in [-0.39, 0.29) is 5.69 Å². The van der Waals surface area contributed by atoms with Gasteiger partial charge in [0.2, 0.25) is 0 Å². The van der Waals surface area contributed by atoms with Crippen LogP contribution in [-0.4, -0.2) is 38.9 Å². The van der Waals surface area contributed by atoms with Gasteiger partial charge in [-0.1, -0.05) is 35.6 Å². The van der Waals surface area contributed by atoms with Crippen LogP contribution in [0.25, 0.3) is 10.2 Å². The van der Waals surface area contributed by atoms with E-state index < -0.39 is 5.97 Å². The van der Waals surface area contributed by atoms with Crippen LogP contribution in [0.2, 0.25) is 0 Å². The fourth-order valence-electron chi connectivity index (χ4n) is 2.83. The van der Waals surface area contributed by atoms with Crippen molar-refractivity contribution in [2.75, 3.05) is 18.0 Å². The number of para-hydroxylation sites is 1. The molecule has 3 heterocycles. The second-order valence-electron chi connectivity index (χ2n) is 5.77. The Bertz CT molecular complexity index is 949. The number of rotatable bonds is 4. The van der Waals surface area contributed by atoms with Gasteiger partial charge in [0.25, 0.3) is 0 Å². The number of carboxylic acids is 1. The van der Waals surface area contributed by atoms with Crippen molar-refractivity contribution in [1.82, 2.24) is 14.8 Å². The minimum absolute atomic E-state index is 0.0711. The van der Waals surface area contributed by atoms with Gasteiger partial charge in [-0.05, 0) is 19.1 Å². The molecule has 122 valence electrons. The van der Waals surface area contributed by atoms with Gasteiger partial charge in [0.1, 0.15) is 0 Å². The van der Waals surface area contributed by atoms with Crippen molar-refractivity contribution in [3.8, 4) is 0 Å². The van der Waals surface area contributed by atoms with Gasteiger partial charge >= 0.3 is 5.97 Å². The lowest BCUT2D eigenvalue weighted by atomic mass is 10.2. The van der Waals surface area contributed by atoms with Gasteiger partial charge in [-0.25, -0.2) is 9.78 Å². The topological polar surface area (TPSA) is 71.2 Å². The Morgan fingerprint density at radius 1 is 1.33 bits per heavy atom. The average molecular weight is 340 g/mol. The highest BCUT2D eigenvalue weighted by Gasteiger charge is 2.16. The van der Waals surface area contributed by atoms with Crippen LogP contribution in [0, 0.1) is 6.92 Å². The van der Waals surface area contributed by atoms with Gasteiger partial charge < -0.3 is 10.0 Å². The molecule has 1 aromatic carbocycles. The van der Waals surface area contributed by atoms with Gasteiger partial charge in [0, 0.05) is 24.3 Å². The maximum Gasteiger partial charge on any atom is 0.356 e. The van der Waals surface area contributed by atoms with Crippen LogP contribution in [0.1, 0.15) is 21.7 Å². The summed E-state index contributed by atoms with van der Waals surface area (Å²) in [7, 11) is 0. The number of nitrogens with zero attached hydrogens (tertiary/aromatic N) is 4. The summed E-state index contributed by atoms with van der Waals surface area (Å²) in [5.41, 5.74) is 2.91. The molecule has 0 fully saturated rings. The van der Waals surface area contributed by atoms with Crippen molar-refractivity contribution in [2.24, 2.45) is 0 Å². The van der Waals surface area contributed by atoms with E-state index in [9.17, 15) is 4.79 Å². The van der Waals surface area contributed by atoms with Crippen molar-refractivity contribution in [1.29, 1.82) is 0 Å². The van der Waals surface area contributed by atoms with Crippen molar-refractivity contribution in [3.05, 3.63) is 53.4 Å². The number of carbonyl (C=O) groups is 1. The molecule has 0 saturated carbocycles. The van der Waals surface area contributed by atoms with Gasteiger partial charge in [-0.3, -0.25) is 4.68 Å². The molecule has 1 aliphatic rings. The molecule has 1 N–H and O–H groups in total. The number of hydrogen-bond donors (Lipinski definition) is 1. The fraction of sp³-hybridized carbons (Fsp3) is 0.235. The predicted molar refractivity (Wildman–Crippen MR) is 94.0 cm³/mol. The molecule has 0 radical (unpaired) electrons. The molecule has 0 atom stereocenters. The zero-order chi connectivity index (χ0) is 16.7. The molecule has 2 aromatic heterocycles. The third-order valence-electron chi connectivity index (χ3n) is 4.10. The number of benzene rings is 1. The summed E-state index contributed by atoms with van der Waals surface area (Å²) >= 11 is 1.68. The number of aryl methyl sites for hydroxylation is 1. The summed E-state index contributed by atoms with van der Waals surface area (Å²) in [6, 6.07) is 7.70. The van der Waals surface area contributed by atoms with E-state index in [0.29, 0.717) is 6.54 Å². The molecular formula is C17H16N4O2S. The largest absolute Gasteiger partial charge is 0.476 e. The first-order chi connectivity index (χ1) is 11.6. The predicted octanol–water partition coefficient (Wildman–Crippen LogP) is 2.92. The first-order valence-corrected chi connectivity index (χ1v) is 8.49. The Kier molecular flexibility index (Phi) is 3.57. The lowest BCUT2D eigenvalue weighted by Crippen LogP contribution is -2.17. The van der Waals surface area contributed by atoms with E-state index in [1.165, 1.54) is 0 Å². The lowest BCUT2D eigenvalue weighted by Gasteiger charge is -2.12. The van der Waals surface area contributed by atoms with Gasteiger partial charge in [-0.15, -0.1) is 0 Å². The smallest absolute Gasteiger partial charge is 0.356 e. The number of thiazole rings is 1. The molecule has 24 heavy (non-hydrogen) atoms. The molecule has 3 aromatic rings. The summed E-state index contributed by atoms with van der Waals surface area (Å²) in [5.74, 6) is -1.01. The second-order valence-corrected chi connectivity index (χ2v) is 6.78. The summed E-state index contributed by atoms with van der Waals surface area (Å²) in [4.78, 5) is 18.1. The SMILES string of the molecule is Cc1cc(C(=O)O)nn1Cc1cccc2sc(N3CC=CC3)nc12. The van der Waals surface area contributed by atoms with Crippen LogP contribution in [0.15, 0.2) is 36.4 Å². The molecule has 0 bridgehead atoms. The molecule has 6 nitrogen and oxygen atoms in total. The molecular weight excluding hydrogens is 324 g/mol. The Morgan fingerprint density at radius 3 is 2.83 bits per heavy atom. The van der Waals surface area contributed by atoms with Crippen molar-refractivity contribution in [3.63, 3.8) is 0 Å². The average Bonchev–Trinajstić information content (AvgIpc) is 3.26. The minimum Gasteiger partial charge on any atom is -0.476 e. The number of aromatic nitrogens is 3. The third-order valence-corrected chi connectivity index (χ3v) is 5.18. The highest BCUT2D eigenvalue weighted by Crippen LogP contribution is 2.31. The Labute approximate surface area is 142 Å². The minimum atomic E-state index is -1.01. The number of anilines is 1. The van der Waals surface area contributed by atoms with Gasteiger partial charge in [0.05, 0.1) is 16.8 Å².